The minimum absolute atomic E-state index is 0.0704. The van der Waals surface area contributed by atoms with Crippen LogP contribution < -0.4 is 4.74 Å². The summed E-state index contributed by atoms with van der Waals surface area (Å²) in [5.41, 5.74) is 1.16. The average molecular weight is 359 g/mol. The van der Waals surface area contributed by atoms with Crippen molar-refractivity contribution in [3.63, 3.8) is 0 Å². The maximum Gasteiger partial charge on any atom is 0.253 e. The van der Waals surface area contributed by atoms with Crippen LogP contribution in [0.1, 0.15) is 30.1 Å². The smallest absolute Gasteiger partial charge is 0.253 e. The van der Waals surface area contributed by atoms with E-state index in [1.165, 1.54) is 7.11 Å². The number of ether oxygens (including phenoxy) is 2. The van der Waals surface area contributed by atoms with Gasteiger partial charge in [-0.15, -0.1) is 0 Å². The van der Waals surface area contributed by atoms with Gasteiger partial charge in [-0.05, 0) is 31.9 Å². The first-order valence-electron chi connectivity index (χ1n) is 8.70. The number of halogens is 1. The summed E-state index contributed by atoms with van der Waals surface area (Å²) in [6.07, 6.45) is 3.18. The molecule has 7 heteroatoms. The molecular formula is C19H22FN3O3. The van der Waals surface area contributed by atoms with Crippen LogP contribution in [-0.4, -0.2) is 53.7 Å². The fourth-order valence-corrected chi connectivity index (χ4v) is 3.00. The van der Waals surface area contributed by atoms with Gasteiger partial charge in [-0.1, -0.05) is 12.1 Å². The summed E-state index contributed by atoms with van der Waals surface area (Å²) in [5, 5.41) is 0. The monoisotopic (exact) mass is 359 g/mol. The Bertz CT molecular complexity index is 778. The van der Waals surface area contributed by atoms with Crippen molar-refractivity contribution in [1.82, 2.24) is 14.9 Å². The van der Waals surface area contributed by atoms with E-state index in [1.54, 1.807) is 29.2 Å². The van der Waals surface area contributed by atoms with E-state index in [0.717, 1.165) is 25.6 Å². The number of aromatic nitrogens is 2. The molecule has 0 radical (unpaired) electrons. The van der Waals surface area contributed by atoms with Crippen LogP contribution in [0.5, 0.6) is 5.88 Å². The molecule has 2 heterocycles. The number of hydrogen-bond acceptors (Lipinski definition) is 5. The number of rotatable bonds is 6. The lowest BCUT2D eigenvalue weighted by Gasteiger charge is -2.24. The highest BCUT2D eigenvalue weighted by atomic mass is 19.1. The molecule has 0 bridgehead atoms. The average Bonchev–Trinajstić information content (AvgIpc) is 3.19. The van der Waals surface area contributed by atoms with Crippen LogP contribution in [0.3, 0.4) is 0 Å². The summed E-state index contributed by atoms with van der Waals surface area (Å²) in [5.74, 6) is -0.517. The van der Waals surface area contributed by atoms with Gasteiger partial charge in [0, 0.05) is 30.8 Å². The lowest BCUT2D eigenvalue weighted by Crippen LogP contribution is -2.37. The summed E-state index contributed by atoms with van der Waals surface area (Å²) in [4.78, 5) is 22.7. The van der Waals surface area contributed by atoms with E-state index in [2.05, 4.69) is 9.97 Å². The van der Waals surface area contributed by atoms with Crippen LogP contribution in [0.25, 0.3) is 11.4 Å². The number of carbonyl (C=O) groups is 1. The Morgan fingerprint density at radius 3 is 3.00 bits per heavy atom. The maximum atomic E-state index is 13.5. The molecule has 0 aliphatic carbocycles. The van der Waals surface area contributed by atoms with Crippen molar-refractivity contribution in [3.05, 3.63) is 41.8 Å². The molecule has 1 amide bonds. The standard InChI is InChI=1S/C19H22FN3O3/c1-3-23(12-15-8-5-9-26-15)19(24)14-7-4-6-13(10-14)17-21-11-16(20)18(22-17)25-2/h4,6-7,10-11,15H,3,5,8-9,12H2,1-2H3. The molecule has 6 nitrogen and oxygen atoms in total. The second-order valence-corrected chi connectivity index (χ2v) is 6.11. The van der Waals surface area contributed by atoms with Crippen LogP contribution in [0.2, 0.25) is 0 Å². The van der Waals surface area contributed by atoms with Crippen molar-refractivity contribution in [2.75, 3.05) is 26.8 Å². The fourth-order valence-electron chi connectivity index (χ4n) is 3.00. The van der Waals surface area contributed by atoms with Crippen molar-refractivity contribution in [3.8, 4) is 17.3 Å². The van der Waals surface area contributed by atoms with Gasteiger partial charge in [0.05, 0.1) is 19.4 Å². The highest BCUT2D eigenvalue weighted by Crippen LogP contribution is 2.22. The van der Waals surface area contributed by atoms with Crippen LogP contribution >= 0.6 is 0 Å². The molecule has 1 atom stereocenters. The third-order valence-corrected chi connectivity index (χ3v) is 4.39. The van der Waals surface area contributed by atoms with E-state index in [1.807, 2.05) is 6.92 Å². The number of hydrogen-bond donors (Lipinski definition) is 0. The number of methoxy groups -OCH3 is 1. The number of nitrogens with zero attached hydrogens (tertiary/aromatic N) is 3. The van der Waals surface area contributed by atoms with Gasteiger partial charge in [-0.2, -0.15) is 9.37 Å². The first kappa shape index (κ1) is 18.3. The highest BCUT2D eigenvalue weighted by molar-refractivity contribution is 5.95. The first-order chi connectivity index (χ1) is 12.6. The molecule has 1 saturated heterocycles. The van der Waals surface area contributed by atoms with Crippen molar-refractivity contribution >= 4 is 5.91 Å². The molecule has 1 fully saturated rings. The van der Waals surface area contributed by atoms with Crippen LogP contribution in [0.4, 0.5) is 4.39 Å². The van der Waals surface area contributed by atoms with E-state index in [4.69, 9.17) is 9.47 Å². The second kappa shape index (κ2) is 8.23. The lowest BCUT2D eigenvalue weighted by atomic mass is 10.1. The van der Waals surface area contributed by atoms with Gasteiger partial charge >= 0.3 is 0 Å². The number of carbonyl (C=O) groups excluding carboxylic acids is 1. The molecule has 1 aliphatic rings. The number of likely N-dealkylation sites (N-methyl/N-ethyl adjacent to an activating group) is 1. The summed E-state index contributed by atoms with van der Waals surface area (Å²) >= 11 is 0. The van der Waals surface area contributed by atoms with Gasteiger partial charge < -0.3 is 14.4 Å². The second-order valence-electron chi connectivity index (χ2n) is 6.11. The molecule has 1 unspecified atom stereocenters. The lowest BCUT2D eigenvalue weighted by molar-refractivity contribution is 0.0539. The highest BCUT2D eigenvalue weighted by Gasteiger charge is 2.22. The molecule has 26 heavy (non-hydrogen) atoms. The summed E-state index contributed by atoms with van der Waals surface area (Å²) in [6, 6.07) is 7.01. The van der Waals surface area contributed by atoms with Crippen molar-refractivity contribution in [1.29, 1.82) is 0 Å². The van der Waals surface area contributed by atoms with Crippen molar-refractivity contribution in [2.45, 2.75) is 25.9 Å². The SMILES string of the molecule is CCN(CC1CCCO1)C(=O)c1cccc(-c2ncc(F)c(OC)n2)c1. The zero-order valence-electron chi connectivity index (χ0n) is 14.9. The van der Waals surface area contributed by atoms with Gasteiger partial charge in [0.2, 0.25) is 5.82 Å². The van der Waals surface area contributed by atoms with E-state index in [9.17, 15) is 9.18 Å². The molecule has 1 aromatic heterocycles. The minimum atomic E-state index is -0.628. The molecule has 0 saturated carbocycles. The Kier molecular flexibility index (Phi) is 5.78. The van der Waals surface area contributed by atoms with E-state index >= 15 is 0 Å². The van der Waals surface area contributed by atoms with E-state index in [0.29, 0.717) is 30.0 Å². The Morgan fingerprint density at radius 2 is 2.31 bits per heavy atom. The Labute approximate surface area is 152 Å². The molecule has 2 aromatic rings. The van der Waals surface area contributed by atoms with E-state index in [-0.39, 0.29) is 17.9 Å². The zero-order valence-corrected chi connectivity index (χ0v) is 14.9. The van der Waals surface area contributed by atoms with Crippen LogP contribution in [0.15, 0.2) is 30.5 Å². The van der Waals surface area contributed by atoms with E-state index < -0.39 is 5.82 Å². The van der Waals surface area contributed by atoms with Gasteiger partial charge in [0.15, 0.2) is 5.82 Å². The predicted octanol–water partition coefficient (Wildman–Crippen LogP) is 2.93. The zero-order chi connectivity index (χ0) is 18.5. The van der Waals surface area contributed by atoms with Crippen LogP contribution in [-0.2, 0) is 4.74 Å². The van der Waals surface area contributed by atoms with Crippen molar-refractivity contribution in [2.24, 2.45) is 0 Å². The third kappa shape index (κ3) is 3.99. The Morgan fingerprint density at radius 1 is 1.46 bits per heavy atom. The molecule has 138 valence electrons. The Balaban J connectivity index is 1.82. The number of amides is 1. The molecule has 3 rings (SSSR count). The first-order valence-corrected chi connectivity index (χ1v) is 8.70. The fraction of sp³-hybridized carbons (Fsp3) is 0.421. The Hall–Kier alpha value is -2.54. The number of benzene rings is 1. The topological polar surface area (TPSA) is 64.5 Å². The molecule has 0 N–H and O–H groups in total. The predicted molar refractivity (Wildman–Crippen MR) is 94.5 cm³/mol. The molecule has 1 aliphatic heterocycles. The largest absolute Gasteiger partial charge is 0.479 e. The summed E-state index contributed by atoms with van der Waals surface area (Å²) < 4.78 is 24.1. The van der Waals surface area contributed by atoms with Gasteiger partial charge in [0.25, 0.3) is 11.8 Å². The normalized spacial score (nSPS) is 16.5. The minimum Gasteiger partial charge on any atom is -0.479 e. The maximum absolute atomic E-state index is 13.5. The van der Waals surface area contributed by atoms with Gasteiger partial charge in [-0.3, -0.25) is 4.79 Å². The van der Waals surface area contributed by atoms with Gasteiger partial charge in [-0.25, -0.2) is 4.98 Å². The molecule has 1 aromatic carbocycles. The third-order valence-electron chi connectivity index (χ3n) is 4.39. The molecule has 0 spiro atoms. The van der Waals surface area contributed by atoms with Crippen LogP contribution in [0, 0.1) is 5.82 Å². The summed E-state index contributed by atoms with van der Waals surface area (Å²) in [6.45, 7) is 3.89. The quantitative estimate of drug-likeness (QED) is 0.793. The summed E-state index contributed by atoms with van der Waals surface area (Å²) in [7, 11) is 1.35. The van der Waals surface area contributed by atoms with Gasteiger partial charge in [0.1, 0.15) is 0 Å². The van der Waals surface area contributed by atoms with Crippen molar-refractivity contribution < 1.29 is 18.7 Å². The molecular weight excluding hydrogens is 337 g/mol.